The highest BCUT2D eigenvalue weighted by Gasteiger charge is 2.26. The van der Waals surface area contributed by atoms with Gasteiger partial charge in [-0.1, -0.05) is 6.07 Å². The van der Waals surface area contributed by atoms with Crippen molar-refractivity contribution in [1.82, 2.24) is 4.57 Å². The number of ether oxygens (including phenoxy) is 1. The molecule has 1 aromatic heterocycles. The van der Waals surface area contributed by atoms with Crippen LogP contribution in [0, 0.1) is 20.8 Å². The van der Waals surface area contributed by atoms with Crippen LogP contribution in [0.2, 0.25) is 0 Å². The molecule has 1 heterocycles. The van der Waals surface area contributed by atoms with Crippen LogP contribution in [-0.2, 0) is 9.53 Å². The zero-order chi connectivity index (χ0) is 18.8. The van der Waals surface area contributed by atoms with Crippen LogP contribution in [0.15, 0.2) is 30.3 Å². The fraction of sp³-hybridized carbons (Fsp3) is 0.333. The lowest BCUT2D eigenvalue weighted by Crippen LogP contribution is -2.10. The molecule has 0 saturated heterocycles. The highest BCUT2D eigenvalue weighted by Crippen LogP contribution is 2.38. The van der Waals surface area contributed by atoms with Gasteiger partial charge in [0.1, 0.15) is 0 Å². The third kappa shape index (κ3) is 3.72. The predicted molar refractivity (Wildman–Crippen MR) is 102 cm³/mol. The van der Waals surface area contributed by atoms with E-state index in [9.17, 15) is 9.59 Å². The Bertz CT molecular complexity index is 889. The zero-order valence-electron chi connectivity index (χ0n) is 15.6. The second kappa shape index (κ2) is 7.20. The fourth-order valence-electron chi connectivity index (χ4n) is 3.21. The summed E-state index contributed by atoms with van der Waals surface area (Å²) < 4.78 is 7.07. The molecule has 3 rings (SSSR count). The Hall–Kier alpha value is -2.82. The van der Waals surface area contributed by atoms with Crippen LogP contribution in [0.5, 0.6) is 0 Å². The molecule has 0 atom stereocenters. The Morgan fingerprint density at radius 1 is 1.19 bits per heavy atom. The molecule has 0 bridgehead atoms. The maximum Gasteiger partial charge on any atom is 0.337 e. The number of nitrogens with one attached hydrogen (secondary N) is 1. The molecule has 1 amide bonds. The molecule has 0 unspecified atom stereocenters. The van der Waals surface area contributed by atoms with Crippen LogP contribution in [0.4, 0.5) is 5.69 Å². The van der Waals surface area contributed by atoms with E-state index in [1.807, 2.05) is 13.0 Å². The Morgan fingerprint density at radius 3 is 2.58 bits per heavy atom. The highest BCUT2D eigenvalue weighted by molar-refractivity contribution is 6.03. The average molecular weight is 352 g/mol. The van der Waals surface area contributed by atoms with E-state index >= 15 is 0 Å². The van der Waals surface area contributed by atoms with Crippen molar-refractivity contribution in [2.24, 2.45) is 0 Å². The normalized spacial score (nSPS) is 13.8. The van der Waals surface area contributed by atoms with E-state index in [0.29, 0.717) is 17.3 Å². The number of anilines is 1. The van der Waals surface area contributed by atoms with Gasteiger partial charge in [0.25, 0.3) is 0 Å². The molecule has 2 aromatic rings. The molecule has 1 aliphatic carbocycles. The van der Waals surface area contributed by atoms with Crippen molar-refractivity contribution in [1.29, 1.82) is 0 Å². The fourth-order valence-corrected chi connectivity index (χ4v) is 3.21. The van der Waals surface area contributed by atoms with Crippen LogP contribution >= 0.6 is 0 Å². The molecule has 26 heavy (non-hydrogen) atoms. The van der Waals surface area contributed by atoms with Crippen molar-refractivity contribution in [3.05, 3.63) is 58.4 Å². The minimum Gasteiger partial charge on any atom is -0.465 e. The third-order valence-corrected chi connectivity index (χ3v) is 4.77. The summed E-state index contributed by atoms with van der Waals surface area (Å²) in [7, 11) is 1.33. The Morgan fingerprint density at radius 2 is 1.92 bits per heavy atom. The summed E-state index contributed by atoms with van der Waals surface area (Å²) in [5, 5.41) is 2.84. The topological polar surface area (TPSA) is 60.3 Å². The van der Waals surface area contributed by atoms with E-state index in [1.54, 1.807) is 18.2 Å². The van der Waals surface area contributed by atoms with Crippen LogP contribution < -0.4 is 5.32 Å². The van der Waals surface area contributed by atoms with Gasteiger partial charge in [-0.25, -0.2) is 4.79 Å². The summed E-state index contributed by atoms with van der Waals surface area (Å²) in [5.74, 6) is -0.658. The number of methoxy groups -OCH3 is 1. The largest absolute Gasteiger partial charge is 0.465 e. The molecule has 1 N–H and O–H groups in total. The number of amides is 1. The molecule has 5 nitrogen and oxygen atoms in total. The van der Waals surface area contributed by atoms with E-state index in [-0.39, 0.29) is 5.91 Å². The molecule has 136 valence electrons. The molecule has 0 radical (unpaired) electrons. The van der Waals surface area contributed by atoms with Crippen LogP contribution in [0.3, 0.4) is 0 Å². The SMILES string of the molecule is COC(=O)c1ccc(C)c(NC(=O)/C=C/c2cc(C)n(C3CC3)c2C)c1. The number of hydrogen-bond donors (Lipinski definition) is 1. The number of nitrogens with zero attached hydrogens (tertiary/aromatic N) is 1. The average Bonchev–Trinajstić information content (AvgIpc) is 3.40. The van der Waals surface area contributed by atoms with Gasteiger partial charge in [0, 0.05) is 29.2 Å². The molecule has 5 heteroatoms. The maximum atomic E-state index is 12.3. The Labute approximate surface area is 153 Å². The molecular weight excluding hydrogens is 328 g/mol. The number of rotatable bonds is 5. The van der Waals surface area contributed by atoms with Gasteiger partial charge in [0.15, 0.2) is 0 Å². The molecule has 1 aromatic carbocycles. The Kier molecular flexibility index (Phi) is 4.98. The van der Waals surface area contributed by atoms with Gasteiger partial charge >= 0.3 is 5.97 Å². The van der Waals surface area contributed by atoms with Crippen molar-refractivity contribution in [2.75, 3.05) is 12.4 Å². The van der Waals surface area contributed by atoms with Crippen LogP contribution in [0.25, 0.3) is 6.08 Å². The summed E-state index contributed by atoms with van der Waals surface area (Å²) in [6.07, 6.45) is 5.84. The number of hydrogen-bond acceptors (Lipinski definition) is 3. The number of carbonyl (C=O) groups is 2. The third-order valence-electron chi connectivity index (χ3n) is 4.77. The lowest BCUT2D eigenvalue weighted by Gasteiger charge is -2.08. The van der Waals surface area contributed by atoms with E-state index in [1.165, 1.54) is 37.4 Å². The summed E-state index contributed by atoms with van der Waals surface area (Å²) in [6.45, 7) is 6.07. The molecule has 1 saturated carbocycles. The lowest BCUT2D eigenvalue weighted by molar-refractivity contribution is -0.111. The number of esters is 1. The second-order valence-corrected chi connectivity index (χ2v) is 6.77. The summed E-state index contributed by atoms with van der Waals surface area (Å²) in [4.78, 5) is 24.0. The number of aromatic nitrogens is 1. The van der Waals surface area contributed by atoms with E-state index in [0.717, 1.165) is 11.1 Å². The molecule has 0 spiro atoms. The summed E-state index contributed by atoms with van der Waals surface area (Å²) in [6, 6.07) is 7.83. The quantitative estimate of drug-likeness (QED) is 0.648. The van der Waals surface area contributed by atoms with Crippen LogP contribution in [0.1, 0.15) is 51.8 Å². The minimum absolute atomic E-state index is 0.230. The minimum atomic E-state index is -0.427. The smallest absolute Gasteiger partial charge is 0.337 e. The van der Waals surface area contributed by atoms with Gasteiger partial charge in [-0.3, -0.25) is 4.79 Å². The molecule has 1 aliphatic rings. The first-order chi connectivity index (χ1) is 12.4. The number of aryl methyl sites for hydroxylation is 2. The van der Waals surface area contributed by atoms with E-state index in [2.05, 4.69) is 29.8 Å². The number of carbonyl (C=O) groups excluding carboxylic acids is 2. The van der Waals surface area contributed by atoms with E-state index in [4.69, 9.17) is 4.74 Å². The van der Waals surface area contributed by atoms with Gasteiger partial charge in [-0.15, -0.1) is 0 Å². The van der Waals surface area contributed by atoms with Gasteiger partial charge in [-0.05, 0) is 69.0 Å². The first-order valence-corrected chi connectivity index (χ1v) is 8.77. The Balaban J connectivity index is 1.74. The summed E-state index contributed by atoms with van der Waals surface area (Å²) >= 11 is 0. The summed E-state index contributed by atoms with van der Waals surface area (Å²) in [5.41, 5.74) is 5.37. The van der Waals surface area contributed by atoms with Crippen molar-refractivity contribution in [3.63, 3.8) is 0 Å². The van der Waals surface area contributed by atoms with Crippen molar-refractivity contribution in [2.45, 2.75) is 39.7 Å². The van der Waals surface area contributed by atoms with Gasteiger partial charge in [-0.2, -0.15) is 0 Å². The first-order valence-electron chi connectivity index (χ1n) is 8.77. The van der Waals surface area contributed by atoms with E-state index < -0.39 is 5.97 Å². The predicted octanol–water partition coefficient (Wildman–Crippen LogP) is 4.19. The molecule has 1 fully saturated rings. The lowest BCUT2D eigenvalue weighted by atomic mass is 10.1. The number of benzene rings is 1. The van der Waals surface area contributed by atoms with Crippen LogP contribution in [-0.4, -0.2) is 23.6 Å². The monoisotopic (exact) mass is 352 g/mol. The second-order valence-electron chi connectivity index (χ2n) is 6.77. The van der Waals surface area contributed by atoms with Gasteiger partial charge in [0.2, 0.25) is 5.91 Å². The van der Waals surface area contributed by atoms with Gasteiger partial charge < -0.3 is 14.6 Å². The van der Waals surface area contributed by atoms with Crippen molar-refractivity contribution < 1.29 is 14.3 Å². The molecular formula is C21H24N2O3. The van der Waals surface area contributed by atoms with Gasteiger partial charge in [0.05, 0.1) is 12.7 Å². The molecule has 0 aliphatic heterocycles. The zero-order valence-corrected chi connectivity index (χ0v) is 15.6. The highest BCUT2D eigenvalue weighted by atomic mass is 16.5. The first kappa shape index (κ1) is 18.0. The maximum absolute atomic E-state index is 12.3. The standard InChI is InChI=1S/C21H24N2O3/c1-13-5-6-17(21(25)26-4)12-19(13)22-20(24)10-7-16-11-14(2)23(15(16)3)18-8-9-18/h5-7,10-12,18H,8-9H2,1-4H3,(H,22,24)/b10-7+. The van der Waals surface area contributed by atoms with Crippen molar-refractivity contribution >= 4 is 23.6 Å². The van der Waals surface area contributed by atoms with Crippen molar-refractivity contribution in [3.8, 4) is 0 Å².